The Hall–Kier alpha value is -1.44. The highest BCUT2D eigenvalue weighted by Crippen LogP contribution is 2.26. The molecule has 0 aliphatic carbocycles. The van der Waals surface area contributed by atoms with Gasteiger partial charge in [-0.25, -0.2) is 4.98 Å². The fraction of sp³-hybridized carbons (Fsp3) is 0.500. The van der Waals surface area contributed by atoms with Crippen molar-refractivity contribution in [3.8, 4) is 5.88 Å². The zero-order valence-electron chi connectivity index (χ0n) is 9.83. The summed E-state index contributed by atoms with van der Waals surface area (Å²) < 4.78 is 9.29. The van der Waals surface area contributed by atoms with Crippen LogP contribution in [0, 0.1) is 0 Å². The Morgan fingerprint density at radius 1 is 1.50 bits per heavy atom. The lowest BCUT2D eigenvalue weighted by atomic mass is 10.0. The maximum atomic E-state index is 11.0. The van der Waals surface area contributed by atoms with E-state index >= 15 is 0 Å². The molecule has 1 rings (SSSR count). The number of rotatable bonds is 5. The van der Waals surface area contributed by atoms with Gasteiger partial charge in [-0.15, -0.1) is 0 Å². The smallest absolute Gasteiger partial charge is 0.308 e. The van der Waals surface area contributed by atoms with Crippen molar-refractivity contribution in [2.24, 2.45) is 0 Å². The van der Waals surface area contributed by atoms with Gasteiger partial charge in [-0.3, -0.25) is 4.79 Å². The van der Waals surface area contributed by atoms with Crippen LogP contribution in [0.5, 0.6) is 5.88 Å². The van der Waals surface area contributed by atoms with E-state index in [9.17, 15) is 15.0 Å². The van der Waals surface area contributed by atoms with E-state index in [1.165, 1.54) is 20.4 Å². The molecule has 0 aromatic carbocycles. The van der Waals surface area contributed by atoms with Gasteiger partial charge in [-0.05, 0) is 11.6 Å². The number of hydrogen-bond acceptors (Lipinski definition) is 7. The maximum Gasteiger partial charge on any atom is 0.308 e. The van der Waals surface area contributed by atoms with Gasteiger partial charge in [-0.2, -0.15) is 4.98 Å². The Balaban J connectivity index is 2.89. The lowest BCUT2D eigenvalue weighted by Crippen LogP contribution is -2.23. The van der Waals surface area contributed by atoms with Crippen LogP contribution in [-0.4, -0.2) is 46.5 Å². The number of hydrogen-bond donors (Lipinski definition) is 2. The highest BCUT2D eigenvalue weighted by Gasteiger charge is 2.25. The van der Waals surface area contributed by atoms with E-state index in [1.807, 2.05) is 0 Å². The van der Waals surface area contributed by atoms with Crippen LogP contribution in [0.15, 0.2) is 6.20 Å². The third-order valence-electron chi connectivity index (χ3n) is 2.23. The topological polar surface area (TPSA) is 102 Å². The first kappa shape index (κ1) is 14.6. The number of halogens is 1. The summed E-state index contributed by atoms with van der Waals surface area (Å²) in [7, 11) is 2.52. The van der Waals surface area contributed by atoms with Crippen LogP contribution in [-0.2, 0) is 9.53 Å². The average Bonchev–Trinajstić information content (AvgIpc) is 2.37. The van der Waals surface area contributed by atoms with E-state index in [0.717, 1.165) is 0 Å². The summed E-state index contributed by atoms with van der Waals surface area (Å²) in [5.41, 5.74) is 0.137. The molecule has 0 spiro atoms. The van der Waals surface area contributed by atoms with Crippen LogP contribution in [0.1, 0.15) is 18.1 Å². The van der Waals surface area contributed by atoms with Gasteiger partial charge < -0.3 is 19.7 Å². The number of ether oxygens (including phenoxy) is 2. The second-order valence-corrected chi connectivity index (χ2v) is 3.73. The third kappa shape index (κ3) is 3.52. The Bertz CT molecular complexity index is 429. The van der Waals surface area contributed by atoms with Gasteiger partial charge in [0.1, 0.15) is 6.10 Å². The fourth-order valence-corrected chi connectivity index (χ4v) is 1.42. The van der Waals surface area contributed by atoms with Gasteiger partial charge >= 0.3 is 5.97 Å². The monoisotopic (exact) mass is 276 g/mol. The van der Waals surface area contributed by atoms with Crippen molar-refractivity contribution in [3.05, 3.63) is 17.0 Å². The van der Waals surface area contributed by atoms with Gasteiger partial charge in [-0.1, -0.05) is 0 Å². The first-order valence-corrected chi connectivity index (χ1v) is 5.36. The van der Waals surface area contributed by atoms with Gasteiger partial charge in [0.25, 0.3) is 0 Å². The lowest BCUT2D eigenvalue weighted by molar-refractivity contribution is -0.144. The molecule has 0 aliphatic heterocycles. The molecule has 8 heteroatoms. The molecule has 0 aliphatic rings. The second-order valence-electron chi connectivity index (χ2n) is 3.40. The Kier molecular flexibility index (Phi) is 5.26. The molecule has 7 nitrogen and oxygen atoms in total. The van der Waals surface area contributed by atoms with Crippen LogP contribution in [0.4, 0.5) is 0 Å². The summed E-state index contributed by atoms with van der Waals surface area (Å²) in [6.07, 6.45) is -1.87. The normalized spacial score (nSPS) is 13.8. The van der Waals surface area contributed by atoms with E-state index in [1.54, 1.807) is 0 Å². The van der Waals surface area contributed by atoms with Gasteiger partial charge in [0.2, 0.25) is 11.2 Å². The molecule has 18 heavy (non-hydrogen) atoms. The molecule has 1 aromatic heterocycles. The first-order chi connectivity index (χ1) is 8.49. The number of esters is 1. The van der Waals surface area contributed by atoms with Crippen LogP contribution >= 0.6 is 11.6 Å². The van der Waals surface area contributed by atoms with Crippen LogP contribution in [0.2, 0.25) is 5.28 Å². The molecule has 2 N–H and O–H groups in total. The first-order valence-electron chi connectivity index (χ1n) is 4.99. The van der Waals surface area contributed by atoms with Crippen molar-refractivity contribution in [2.45, 2.75) is 18.6 Å². The minimum Gasteiger partial charge on any atom is -0.481 e. The number of aromatic nitrogens is 2. The average molecular weight is 277 g/mol. The number of aliphatic hydroxyl groups is 2. The highest BCUT2D eigenvalue weighted by atomic mass is 35.5. The quantitative estimate of drug-likeness (QED) is 0.581. The molecule has 2 atom stereocenters. The van der Waals surface area contributed by atoms with Gasteiger partial charge in [0, 0.05) is 6.20 Å². The fourth-order valence-electron chi connectivity index (χ4n) is 1.29. The van der Waals surface area contributed by atoms with Crippen molar-refractivity contribution in [1.29, 1.82) is 0 Å². The van der Waals surface area contributed by atoms with Crippen molar-refractivity contribution < 1.29 is 24.5 Å². The highest BCUT2D eigenvalue weighted by molar-refractivity contribution is 6.28. The summed E-state index contributed by atoms with van der Waals surface area (Å²) in [6.45, 7) is 0. The molecule has 0 amide bonds. The lowest BCUT2D eigenvalue weighted by Gasteiger charge is -2.18. The SMILES string of the molecule is COC(=O)CC(O)C(O)c1cnc(Cl)nc1OC. The molecule has 0 saturated heterocycles. The molecule has 0 radical (unpaired) electrons. The summed E-state index contributed by atoms with van der Waals surface area (Å²) in [5, 5.41) is 19.5. The summed E-state index contributed by atoms with van der Waals surface area (Å²) in [4.78, 5) is 18.4. The van der Waals surface area contributed by atoms with Crippen LogP contribution in [0.3, 0.4) is 0 Å². The Labute approximate surface area is 108 Å². The standard InChI is InChI=1S/C10H13ClN2O5/c1-17-7(15)3-6(14)8(16)5-4-12-10(11)13-9(5)18-2/h4,6,8,14,16H,3H2,1-2H3. The van der Waals surface area contributed by atoms with E-state index in [0.29, 0.717) is 0 Å². The summed E-state index contributed by atoms with van der Waals surface area (Å²) in [6, 6.07) is 0. The number of nitrogens with zero attached hydrogens (tertiary/aromatic N) is 2. The molecule has 1 aromatic rings. The van der Waals surface area contributed by atoms with Gasteiger partial charge in [0.15, 0.2) is 0 Å². The van der Waals surface area contributed by atoms with Crippen molar-refractivity contribution in [2.75, 3.05) is 14.2 Å². The summed E-state index contributed by atoms with van der Waals surface area (Å²) >= 11 is 5.57. The predicted octanol–water partition coefficient (Wildman–Crippen LogP) is 0.0960. The number of methoxy groups -OCH3 is 2. The van der Waals surface area contributed by atoms with Crippen LogP contribution in [0.25, 0.3) is 0 Å². The Morgan fingerprint density at radius 3 is 2.72 bits per heavy atom. The van der Waals surface area contributed by atoms with Crippen LogP contribution < -0.4 is 4.74 Å². The number of aliphatic hydroxyl groups excluding tert-OH is 2. The number of carbonyl (C=O) groups is 1. The van der Waals surface area contributed by atoms with E-state index < -0.39 is 18.2 Å². The molecule has 0 saturated carbocycles. The second kappa shape index (κ2) is 6.48. The minimum atomic E-state index is -1.38. The Morgan fingerprint density at radius 2 is 2.17 bits per heavy atom. The van der Waals surface area contributed by atoms with Gasteiger partial charge in [0.05, 0.1) is 32.3 Å². The molecular formula is C10H13ClN2O5. The number of carbonyl (C=O) groups excluding carboxylic acids is 1. The molecule has 0 fully saturated rings. The largest absolute Gasteiger partial charge is 0.481 e. The molecular weight excluding hydrogens is 264 g/mol. The van der Waals surface area contributed by atoms with Crippen molar-refractivity contribution >= 4 is 17.6 Å². The molecule has 1 heterocycles. The van der Waals surface area contributed by atoms with Crippen molar-refractivity contribution in [3.63, 3.8) is 0 Å². The molecule has 0 bridgehead atoms. The maximum absolute atomic E-state index is 11.0. The predicted molar refractivity (Wildman–Crippen MR) is 61.2 cm³/mol. The zero-order chi connectivity index (χ0) is 13.7. The van der Waals surface area contributed by atoms with E-state index in [2.05, 4.69) is 14.7 Å². The zero-order valence-corrected chi connectivity index (χ0v) is 10.6. The third-order valence-corrected chi connectivity index (χ3v) is 2.41. The van der Waals surface area contributed by atoms with E-state index in [-0.39, 0.29) is 23.1 Å². The molecule has 100 valence electrons. The summed E-state index contributed by atoms with van der Waals surface area (Å²) in [5.74, 6) is -0.609. The molecule has 2 unspecified atom stereocenters. The minimum absolute atomic E-state index is 0.0337. The van der Waals surface area contributed by atoms with Crippen molar-refractivity contribution in [1.82, 2.24) is 9.97 Å². The van der Waals surface area contributed by atoms with E-state index in [4.69, 9.17) is 16.3 Å².